The molecule has 27 heavy (non-hydrogen) atoms. The lowest BCUT2D eigenvalue weighted by Gasteiger charge is -2.30. The molecule has 2 N–H and O–H groups in total. The van der Waals surface area contributed by atoms with Crippen LogP contribution in [-0.4, -0.2) is 51.8 Å². The SMILES string of the molecule is O=C(c1ccc2c(n1)CCC1C2=NNC1C1CCCC1)N1CCC(O)CC1. The number of carbonyl (C=O) groups excluding carboxylic acids is 1. The van der Waals surface area contributed by atoms with Crippen molar-refractivity contribution in [2.24, 2.45) is 16.9 Å². The second kappa shape index (κ2) is 6.89. The lowest BCUT2D eigenvalue weighted by atomic mass is 9.77. The van der Waals surface area contributed by atoms with Crippen LogP contribution in [0.5, 0.6) is 0 Å². The Morgan fingerprint density at radius 1 is 1.11 bits per heavy atom. The largest absolute Gasteiger partial charge is 0.393 e. The third-order valence-corrected chi connectivity index (χ3v) is 6.94. The van der Waals surface area contributed by atoms with Gasteiger partial charge in [0.05, 0.1) is 23.6 Å². The van der Waals surface area contributed by atoms with Crippen LogP contribution in [0.4, 0.5) is 0 Å². The maximum atomic E-state index is 12.8. The number of pyridine rings is 1. The molecule has 6 heteroatoms. The Kier molecular flexibility index (Phi) is 4.38. The number of nitrogens with one attached hydrogen (secondary N) is 1. The Morgan fingerprint density at radius 3 is 2.67 bits per heavy atom. The number of amides is 1. The first kappa shape index (κ1) is 17.2. The molecule has 0 bridgehead atoms. The van der Waals surface area contributed by atoms with Gasteiger partial charge in [0.2, 0.25) is 0 Å². The number of hydrogen-bond acceptors (Lipinski definition) is 5. The van der Waals surface area contributed by atoms with Gasteiger partial charge in [-0.2, -0.15) is 5.10 Å². The molecule has 5 rings (SSSR count). The monoisotopic (exact) mass is 368 g/mol. The summed E-state index contributed by atoms with van der Waals surface area (Å²) in [5.74, 6) is 1.23. The van der Waals surface area contributed by atoms with Crippen LogP contribution in [0.1, 0.15) is 66.7 Å². The first-order chi connectivity index (χ1) is 13.2. The molecule has 4 aliphatic rings. The minimum Gasteiger partial charge on any atom is -0.393 e. The Bertz CT molecular complexity index is 763. The summed E-state index contributed by atoms with van der Waals surface area (Å²) in [6.07, 6.45) is 8.37. The van der Waals surface area contributed by atoms with Crippen LogP contribution in [0.25, 0.3) is 0 Å². The van der Waals surface area contributed by atoms with E-state index in [9.17, 15) is 9.90 Å². The molecule has 2 aliphatic heterocycles. The summed E-state index contributed by atoms with van der Waals surface area (Å²) in [6, 6.07) is 4.40. The summed E-state index contributed by atoms with van der Waals surface area (Å²) >= 11 is 0. The fraction of sp³-hybridized carbons (Fsp3) is 0.667. The Labute approximate surface area is 160 Å². The van der Waals surface area contributed by atoms with E-state index in [1.807, 2.05) is 11.0 Å². The third kappa shape index (κ3) is 3.04. The van der Waals surface area contributed by atoms with E-state index in [-0.39, 0.29) is 12.0 Å². The number of likely N-dealkylation sites (tertiary alicyclic amines) is 1. The predicted molar refractivity (Wildman–Crippen MR) is 103 cm³/mol. The number of aromatic nitrogens is 1. The van der Waals surface area contributed by atoms with Crippen LogP contribution in [-0.2, 0) is 6.42 Å². The highest BCUT2D eigenvalue weighted by atomic mass is 16.3. The normalized spacial score (nSPS) is 28.5. The van der Waals surface area contributed by atoms with E-state index in [0.29, 0.717) is 43.6 Å². The zero-order valence-corrected chi connectivity index (χ0v) is 15.7. The van der Waals surface area contributed by atoms with Crippen LogP contribution in [0, 0.1) is 11.8 Å². The lowest BCUT2D eigenvalue weighted by Crippen LogP contribution is -2.41. The van der Waals surface area contributed by atoms with Gasteiger partial charge in [-0.1, -0.05) is 12.8 Å². The zero-order chi connectivity index (χ0) is 18.4. The number of fused-ring (bicyclic) bond motifs is 3. The molecular formula is C21H28N4O2. The maximum Gasteiger partial charge on any atom is 0.272 e. The fourth-order valence-corrected chi connectivity index (χ4v) is 5.38. The van der Waals surface area contributed by atoms with Crippen LogP contribution in [0.2, 0.25) is 0 Å². The number of rotatable bonds is 2. The van der Waals surface area contributed by atoms with E-state index in [0.717, 1.165) is 35.7 Å². The van der Waals surface area contributed by atoms with Crippen LogP contribution in [0.3, 0.4) is 0 Å². The molecule has 6 nitrogen and oxygen atoms in total. The van der Waals surface area contributed by atoms with Crippen LogP contribution < -0.4 is 5.43 Å². The van der Waals surface area contributed by atoms with Crippen molar-refractivity contribution in [2.75, 3.05) is 13.1 Å². The smallest absolute Gasteiger partial charge is 0.272 e. The molecule has 2 fully saturated rings. The molecular weight excluding hydrogens is 340 g/mol. The highest BCUT2D eigenvalue weighted by Crippen LogP contribution is 2.38. The van der Waals surface area contributed by atoms with Gasteiger partial charge in [-0.25, -0.2) is 4.98 Å². The Hall–Kier alpha value is -1.95. The van der Waals surface area contributed by atoms with E-state index >= 15 is 0 Å². The highest BCUT2D eigenvalue weighted by Gasteiger charge is 2.41. The summed E-state index contributed by atoms with van der Waals surface area (Å²) in [5, 5.41) is 14.4. The van der Waals surface area contributed by atoms with Crippen molar-refractivity contribution >= 4 is 11.6 Å². The van der Waals surface area contributed by atoms with Gasteiger partial charge < -0.3 is 15.4 Å². The highest BCUT2D eigenvalue weighted by molar-refractivity contribution is 6.05. The maximum absolute atomic E-state index is 12.8. The number of hydrazone groups is 1. The van der Waals surface area contributed by atoms with Gasteiger partial charge in [-0.05, 0) is 56.6 Å². The molecule has 2 unspecified atom stereocenters. The van der Waals surface area contributed by atoms with Crippen molar-refractivity contribution in [2.45, 2.75) is 63.5 Å². The van der Waals surface area contributed by atoms with Gasteiger partial charge in [0.25, 0.3) is 5.91 Å². The molecule has 2 aliphatic carbocycles. The lowest BCUT2D eigenvalue weighted by molar-refractivity contribution is 0.0541. The van der Waals surface area contributed by atoms with Gasteiger partial charge in [-0.15, -0.1) is 0 Å². The summed E-state index contributed by atoms with van der Waals surface area (Å²) in [7, 11) is 0. The van der Waals surface area contributed by atoms with E-state index in [1.165, 1.54) is 25.7 Å². The van der Waals surface area contributed by atoms with Crippen molar-refractivity contribution in [3.63, 3.8) is 0 Å². The van der Waals surface area contributed by atoms with Crippen molar-refractivity contribution in [3.05, 3.63) is 29.1 Å². The molecule has 1 aromatic rings. The van der Waals surface area contributed by atoms with Crippen LogP contribution >= 0.6 is 0 Å². The summed E-state index contributed by atoms with van der Waals surface area (Å²) in [5.41, 5.74) is 7.26. The molecule has 3 heterocycles. The molecule has 1 saturated carbocycles. The van der Waals surface area contributed by atoms with E-state index < -0.39 is 0 Å². The molecule has 0 radical (unpaired) electrons. The average Bonchev–Trinajstić information content (AvgIpc) is 3.37. The zero-order valence-electron chi connectivity index (χ0n) is 15.7. The van der Waals surface area contributed by atoms with E-state index in [4.69, 9.17) is 10.1 Å². The third-order valence-electron chi connectivity index (χ3n) is 6.94. The predicted octanol–water partition coefficient (Wildman–Crippen LogP) is 2.11. The van der Waals surface area contributed by atoms with Gasteiger partial charge in [0.1, 0.15) is 5.69 Å². The van der Waals surface area contributed by atoms with Crippen molar-refractivity contribution in [1.29, 1.82) is 0 Å². The standard InChI is InChI=1S/C21H28N4O2/c26-14-9-11-25(12-10-14)21(27)18-8-5-15-17(22-18)7-6-16-19(23-24-20(15)16)13-3-1-2-4-13/h5,8,13-14,16,19,23,26H,1-4,6-7,9-12H2. The number of hydrogen-bond donors (Lipinski definition) is 2. The number of aryl methyl sites for hydroxylation is 1. The molecule has 0 aromatic carbocycles. The molecule has 1 saturated heterocycles. The summed E-state index contributed by atoms with van der Waals surface area (Å²) < 4.78 is 0. The molecule has 1 amide bonds. The molecule has 2 atom stereocenters. The summed E-state index contributed by atoms with van der Waals surface area (Å²) in [4.78, 5) is 19.3. The van der Waals surface area contributed by atoms with E-state index in [2.05, 4.69) is 11.5 Å². The van der Waals surface area contributed by atoms with Crippen molar-refractivity contribution in [1.82, 2.24) is 15.3 Å². The van der Waals surface area contributed by atoms with Gasteiger partial charge in [0, 0.05) is 24.6 Å². The molecule has 0 spiro atoms. The number of aliphatic hydroxyl groups excluding tert-OH is 1. The number of aliphatic hydroxyl groups is 1. The second-order valence-electron chi connectivity index (χ2n) is 8.56. The van der Waals surface area contributed by atoms with Gasteiger partial charge in [-0.3, -0.25) is 4.79 Å². The van der Waals surface area contributed by atoms with Crippen molar-refractivity contribution in [3.8, 4) is 0 Å². The Balaban J connectivity index is 1.34. The molecule has 144 valence electrons. The number of nitrogens with zero attached hydrogens (tertiary/aromatic N) is 3. The first-order valence-corrected chi connectivity index (χ1v) is 10.5. The average molecular weight is 368 g/mol. The second-order valence-corrected chi connectivity index (χ2v) is 8.56. The number of carbonyl (C=O) groups is 1. The quantitative estimate of drug-likeness (QED) is 0.838. The van der Waals surface area contributed by atoms with Gasteiger partial charge >= 0.3 is 0 Å². The van der Waals surface area contributed by atoms with Crippen LogP contribution in [0.15, 0.2) is 17.2 Å². The molecule has 1 aromatic heterocycles. The van der Waals surface area contributed by atoms with E-state index in [1.54, 1.807) is 0 Å². The topological polar surface area (TPSA) is 77.8 Å². The fourth-order valence-electron chi connectivity index (χ4n) is 5.38. The van der Waals surface area contributed by atoms with Crippen molar-refractivity contribution < 1.29 is 9.90 Å². The Morgan fingerprint density at radius 2 is 1.89 bits per heavy atom. The van der Waals surface area contributed by atoms with Gasteiger partial charge in [0.15, 0.2) is 0 Å². The first-order valence-electron chi connectivity index (χ1n) is 10.5. The summed E-state index contributed by atoms with van der Waals surface area (Å²) in [6.45, 7) is 1.22. The minimum atomic E-state index is -0.275. The number of piperidine rings is 1. The minimum absolute atomic E-state index is 0.0119.